The van der Waals surface area contributed by atoms with Crippen LogP contribution >= 0.6 is 11.6 Å². The van der Waals surface area contributed by atoms with Crippen LogP contribution in [0.1, 0.15) is 25.0 Å². The molecule has 0 fully saturated rings. The van der Waals surface area contributed by atoms with Crippen molar-refractivity contribution in [2.45, 2.75) is 19.3 Å². The maximum atomic E-state index is 5.94. The van der Waals surface area contributed by atoms with E-state index in [0.717, 1.165) is 10.8 Å². The highest BCUT2D eigenvalue weighted by atomic mass is 35.5. The Morgan fingerprint density at radius 1 is 0.944 bits per heavy atom. The normalized spacial score (nSPS) is 11.3. The molecule has 0 aliphatic rings. The molecule has 0 spiro atoms. The minimum atomic E-state index is -0.0703. The minimum Gasteiger partial charge on any atom is -0.497 e. The third-order valence-electron chi connectivity index (χ3n) is 3.36. The zero-order valence-corrected chi connectivity index (χ0v) is 11.7. The van der Waals surface area contributed by atoms with Crippen molar-refractivity contribution in [3.05, 3.63) is 64.7 Å². The van der Waals surface area contributed by atoms with Crippen LogP contribution in [0.15, 0.2) is 48.5 Å². The molecule has 94 valence electrons. The molecule has 0 radical (unpaired) electrons. The molecule has 2 rings (SSSR count). The largest absolute Gasteiger partial charge is 0.497 e. The van der Waals surface area contributed by atoms with E-state index in [1.807, 2.05) is 24.3 Å². The molecule has 2 aromatic rings. The molecule has 0 saturated heterocycles. The number of rotatable bonds is 3. The summed E-state index contributed by atoms with van der Waals surface area (Å²) in [4.78, 5) is 0. The van der Waals surface area contributed by atoms with Crippen molar-refractivity contribution in [3.63, 3.8) is 0 Å². The van der Waals surface area contributed by atoms with Gasteiger partial charge in [-0.25, -0.2) is 0 Å². The predicted octanol–water partition coefficient (Wildman–Crippen LogP) is 4.67. The first-order chi connectivity index (χ1) is 8.54. The molecule has 18 heavy (non-hydrogen) atoms. The van der Waals surface area contributed by atoms with E-state index in [1.54, 1.807) is 7.11 Å². The quantitative estimate of drug-likeness (QED) is 0.779. The third-order valence-corrected chi connectivity index (χ3v) is 3.61. The van der Waals surface area contributed by atoms with E-state index in [2.05, 4.69) is 38.1 Å². The van der Waals surface area contributed by atoms with Crippen LogP contribution in [-0.2, 0) is 5.41 Å². The molecule has 0 aliphatic carbocycles. The number of methoxy groups -OCH3 is 1. The average Bonchev–Trinajstić information content (AvgIpc) is 2.39. The molecule has 0 heterocycles. The Bertz CT molecular complexity index is 529. The monoisotopic (exact) mass is 260 g/mol. The van der Waals surface area contributed by atoms with Gasteiger partial charge >= 0.3 is 0 Å². The Morgan fingerprint density at radius 2 is 1.61 bits per heavy atom. The lowest BCUT2D eigenvalue weighted by Gasteiger charge is -2.26. The smallest absolute Gasteiger partial charge is 0.119 e. The number of hydrogen-bond donors (Lipinski definition) is 0. The van der Waals surface area contributed by atoms with E-state index >= 15 is 0 Å². The minimum absolute atomic E-state index is 0.0703. The van der Waals surface area contributed by atoms with Gasteiger partial charge in [-0.05, 0) is 35.4 Å². The van der Waals surface area contributed by atoms with Gasteiger partial charge in [0.15, 0.2) is 0 Å². The van der Waals surface area contributed by atoms with Crippen molar-refractivity contribution >= 4 is 11.6 Å². The second-order valence-corrected chi connectivity index (χ2v) is 5.30. The van der Waals surface area contributed by atoms with E-state index in [-0.39, 0.29) is 5.41 Å². The van der Waals surface area contributed by atoms with E-state index in [9.17, 15) is 0 Å². The molecule has 0 amide bonds. The Morgan fingerprint density at radius 3 is 2.22 bits per heavy atom. The van der Waals surface area contributed by atoms with Crippen molar-refractivity contribution in [1.82, 2.24) is 0 Å². The van der Waals surface area contributed by atoms with Crippen LogP contribution in [0.2, 0.25) is 5.02 Å². The summed E-state index contributed by atoms with van der Waals surface area (Å²) in [5.74, 6) is 0.884. The molecule has 1 nitrogen and oxygen atoms in total. The number of benzene rings is 2. The summed E-state index contributed by atoms with van der Waals surface area (Å²) >= 11 is 5.94. The maximum Gasteiger partial charge on any atom is 0.119 e. The van der Waals surface area contributed by atoms with Crippen molar-refractivity contribution in [3.8, 4) is 5.75 Å². The van der Waals surface area contributed by atoms with Gasteiger partial charge in [-0.2, -0.15) is 0 Å². The van der Waals surface area contributed by atoms with Gasteiger partial charge in [0.05, 0.1) is 7.11 Å². The van der Waals surface area contributed by atoms with Crippen LogP contribution in [-0.4, -0.2) is 7.11 Å². The third kappa shape index (κ3) is 2.51. The fraction of sp³-hybridized carbons (Fsp3) is 0.250. The lowest BCUT2D eigenvalue weighted by molar-refractivity contribution is 0.413. The van der Waals surface area contributed by atoms with Gasteiger partial charge in [-0.3, -0.25) is 0 Å². The number of hydrogen-bond acceptors (Lipinski definition) is 1. The van der Waals surface area contributed by atoms with Gasteiger partial charge in [-0.15, -0.1) is 0 Å². The topological polar surface area (TPSA) is 9.23 Å². The lowest BCUT2D eigenvalue weighted by atomic mass is 9.78. The molecule has 0 atom stereocenters. The zero-order valence-electron chi connectivity index (χ0n) is 10.9. The summed E-state index contributed by atoms with van der Waals surface area (Å²) in [5, 5.41) is 0.764. The van der Waals surface area contributed by atoms with Crippen molar-refractivity contribution in [1.29, 1.82) is 0 Å². The molecular weight excluding hydrogens is 244 g/mol. The Balaban J connectivity index is 2.43. The summed E-state index contributed by atoms with van der Waals surface area (Å²) in [6.45, 7) is 4.40. The first kappa shape index (κ1) is 13.0. The van der Waals surface area contributed by atoms with Crippen molar-refractivity contribution in [2.24, 2.45) is 0 Å². The zero-order chi connectivity index (χ0) is 13.2. The van der Waals surface area contributed by atoms with Crippen LogP contribution in [0.4, 0.5) is 0 Å². The predicted molar refractivity (Wildman–Crippen MR) is 76.6 cm³/mol. The standard InChI is InChI=1S/C16H17ClO/c1-16(2,12-7-9-14(17)10-8-12)13-5-4-6-15(11-13)18-3/h4-11H,1-3H3. The van der Waals surface area contributed by atoms with Crippen molar-refractivity contribution < 1.29 is 4.74 Å². The van der Waals surface area contributed by atoms with Crippen LogP contribution in [0.3, 0.4) is 0 Å². The summed E-state index contributed by atoms with van der Waals surface area (Å²) in [6, 6.07) is 16.2. The van der Waals surface area contributed by atoms with Gasteiger partial charge in [0, 0.05) is 10.4 Å². The van der Waals surface area contributed by atoms with Crippen molar-refractivity contribution in [2.75, 3.05) is 7.11 Å². The molecule has 0 bridgehead atoms. The molecule has 0 saturated carbocycles. The fourth-order valence-corrected chi connectivity index (χ4v) is 2.17. The highest BCUT2D eigenvalue weighted by molar-refractivity contribution is 6.30. The molecule has 0 aliphatic heterocycles. The Hall–Kier alpha value is -1.47. The van der Waals surface area contributed by atoms with Crippen LogP contribution in [0.25, 0.3) is 0 Å². The Labute approximate surface area is 113 Å². The fourth-order valence-electron chi connectivity index (χ4n) is 2.05. The van der Waals surface area contributed by atoms with E-state index in [4.69, 9.17) is 16.3 Å². The van der Waals surface area contributed by atoms with Crippen LogP contribution < -0.4 is 4.74 Å². The van der Waals surface area contributed by atoms with Crippen LogP contribution in [0.5, 0.6) is 5.75 Å². The molecular formula is C16H17ClO. The van der Waals surface area contributed by atoms with Gasteiger partial charge in [0.25, 0.3) is 0 Å². The second kappa shape index (κ2) is 5.03. The molecule has 0 N–H and O–H groups in total. The average molecular weight is 261 g/mol. The number of halogens is 1. The highest BCUT2D eigenvalue weighted by Crippen LogP contribution is 2.33. The van der Waals surface area contributed by atoms with Gasteiger partial charge in [0.2, 0.25) is 0 Å². The van der Waals surface area contributed by atoms with E-state index in [1.165, 1.54) is 11.1 Å². The van der Waals surface area contributed by atoms with Gasteiger partial charge in [0.1, 0.15) is 5.75 Å². The summed E-state index contributed by atoms with van der Waals surface area (Å²) in [7, 11) is 1.69. The molecule has 2 heteroatoms. The summed E-state index contributed by atoms with van der Waals surface area (Å²) in [5.41, 5.74) is 2.39. The maximum absolute atomic E-state index is 5.94. The lowest BCUT2D eigenvalue weighted by Crippen LogP contribution is -2.18. The SMILES string of the molecule is COc1cccc(C(C)(C)c2ccc(Cl)cc2)c1. The highest BCUT2D eigenvalue weighted by Gasteiger charge is 2.23. The molecule has 0 aromatic heterocycles. The van der Waals surface area contributed by atoms with E-state index < -0.39 is 0 Å². The first-order valence-electron chi connectivity index (χ1n) is 5.94. The first-order valence-corrected chi connectivity index (χ1v) is 6.32. The van der Waals surface area contributed by atoms with E-state index in [0.29, 0.717) is 0 Å². The van der Waals surface area contributed by atoms with Gasteiger partial charge in [-0.1, -0.05) is 49.7 Å². The summed E-state index contributed by atoms with van der Waals surface area (Å²) < 4.78 is 5.28. The van der Waals surface area contributed by atoms with Crippen LogP contribution in [0, 0.1) is 0 Å². The van der Waals surface area contributed by atoms with Gasteiger partial charge < -0.3 is 4.74 Å². The Kier molecular flexibility index (Phi) is 3.63. The number of ether oxygens (including phenoxy) is 1. The molecule has 2 aromatic carbocycles. The molecule has 0 unspecified atom stereocenters. The summed E-state index contributed by atoms with van der Waals surface area (Å²) in [6.07, 6.45) is 0. The second-order valence-electron chi connectivity index (χ2n) is 4.86.